The van der Waals surface area contributed by atoms with Gasteiger partial charge in [0.25, 0.3) is 0 Å². The highest BCUT2D eigenvalue weighted by Gasteiger charge is 2.24. The molecule has 4 heteroatoms. The minimum atomic E-state index is 0.250. The minimum Gasteiger partial charge on any atom is -0.486 e. The predicted molar refractivity (Wildman–Crippen MR) is 74.2 cm³/mol. The van der Waals surface area contributed by atoms with E-state index in [0.717, 1.165) is 36.5 Å². The average Bonchev–Trinajstić information content (AvgIpc) is 2.48. The number of hydrogen-bond acceptors (Lipinski definition) is 4. The Morgan fingerprint density at radius 2 is 2.05 bits per heavy atom. The number of para-hydroxylation sites is 2. The van der Waals surface area contributed by atoms with Gasteiger partial charge in [0, 0.05) is 24.5 Å². The van der Waals surface area contributed by atoms with Crippen molar-refractivity contribution in [2.75, 3.05) is 11.4 Å². The van der Waals surface area contributed by atoms with E-state index in [2.05, 4.69) is 27.9 Å². The Balaban J connectivity index is 1.88. The molecule has 0 saturated heterocycles. The van der Waals surface area contributed by atoms with Crippen LogP contribution in [0.1, 0.15) is 18.9 Å². The van der Waals surface area contributed by atoms with E-state index in [0.29, 0.717) is 0 Å². The zero-order chi connectivity index (χ0) is 13.1. The summed E-state index contributed by atoms with van der Waals surface area (Å²) in [6.45, 7) is 3.88. The fourth-order valence-electron chi connectivity index (χ4n) is 2.37. The molecule has 1 aromatic carbocycles. The van der Waals surface area contributed by atoms with E-state index in [9.17, 15) is 0 Å². The summed E-state index contributed by atoms with van der Waals surface area (Å²) in [6, 6.07) is 8.19. The predicted octanol–water partition coefficient (Wildman–Crippen LogP) is 2.65. The monoisotopic (exact) mass is 255 g/mol. The molecule has 19 heavy (non-hydrogen) atoms. The van der Waals surface area contributed by atoms with Gasteiger partial charge in [-0.2, -0.15) is 0 Å². The van der Waals surface area contributed by atoms with Crippen LogP contribution < -0.4 is 9.64 Å². The Morgan fingerprint density at radius 1 is 1.26 bits per heavy atom. The highest BCUT2D eigenvalue weighted by Crippen LogP contribution is 2.34. The van der Waals surface area contributed by atoms with Gasteiger partial charge in [-0.15, -0.1) is 0 Å². The van der Waals surface area contributed by atoms with Crippen molar-refractivity contribution >= 4 is 5.69 Å². The number of fused-ring (bicyclic) bond motifs is 1. The number of ether oxygens (including phenoxy) is 1. The first-order chi connectivity index (χ1) is 9.36. The van der Waals surface area contributed by atoms with Gasteiger partial charge >= 0.3 is 0 Å². The van der Waals surface area contributed by atoms with Gasteiger partial charge in [0.1, 0.15) is 18.2 Å². The van der Waals surface area contributed by atoms with Gasteiger partial charge in [-0.3, -0.25) is 0 Å². The lowest BCUT2D eigenvalue weighted by Crippen LogP contribution is -2.39. The number of hydrogen-bond donors (Lipinski definition) is 0. The van der Waals surface area contributed by atoms with Gasteiger partial charge in [0.15, 0.2) is 0 Å². The first-order valence-corrected chi connectivity index (χ1v) is 6.61. The Morgan fingerprint density at radius 3 is 2.84 bits per heavy atom. The Hall–Kier alpha value is -2.10. The molecule has 2 aromatic rings. The van der Waals surface area contributed by atoms with Gasteiger partial charge < -0.3 is 9.64 Å². The third-order valence-corrected chi connectivity index (χ3v) is 3.37. The normalized spacial score (nSPS) is 17.7. The van der Waals surface area contributed by atoms with Gasteiger partial charge in [0.05, 0.1) is 12.2 Å². The van der Waals surface area contributed by atoms with Gasteiger partial charge in [-0.25, -0.2) is 9.97 Å². The fraction of sp³-hybridized carbons (Fsp3) is 0.333. The molecule has 0 N–H and O–H groups in total. The number of rotatable bonds is 3. The largest absolute Gasteiger partial charge is 0.486 e. The molecule has 0 aliphatic carbocycles. The smallest absolute Gasteiger partial charge is 0.143 e. The summed E-state index contributed by atoms with van der Waals surface area (Å²) in [5, 5.41) is 0. The van der Waals surface area contributed by atoms with E-state index in [1.165, 1.54) is 0 Å². The zero-order valence-corrected chi connectivity index (χ0v) is 11.0. The molecule has 0 amide bonds. The van der Waals surface area contributed by atoms with E-state index in [-0.39, 0.29) is 6.10 Å². The van der Waals surface area contributed by atoms with Crippen LogP contribution in [-0.2, 0) is 6.54 Å². The highest BCUT2D eigenvalue weighted by molar-refractivity contribution is 5.60. The van der Waals surface area contributed by atoms with Crippen LogP contribution in [0, 0.1) is 0 Å². The molecule has 1 atom stereocenters. The Kier molecular flexibility index (Phi) is 3.31. The third kappa shape index (κ3) is 2.52. The molecular weight excluding hydrogens is 238 g/mol. The maximum Gasteiger partial charge on any atom is 0.143 e. The SMILES string of the molecule is CCC1CN(Cc2cncnc2)c2ccccc2O1. The minimum absolute atomic E-state index is 0.250. The molecule has 3 rings (SSSR count). The second-order valence-corrected chi connectivity index (χ2v) is 4.74. The Labute approximate surface area is 113 Å². The lowest BCUT2D eigenvalue weighted by atomic mass is 10.1. The van der Waals surface area contributed by atoms with Crippen LogP contribution in [0.2, 0.25) is 0 Å². The molecule has 1 aliphatic rings. The topological polar surface area (TPSA) is 38.2 Å². The zero-order valence-electron chi connectivity index (χ0n) is 11.0. The fourth-order valence-corrected chi connectivity index (χ4v) is 2.37. The lowest BCUT2D eigenvalue weighted by Gasteiger charge is -2.36. The molecule has 1 aromatic heterocycles. The van der Waals surface area contributed by atoms with E-state index >= 15 is 0 Å². The molecule has 0 radical (unpaired) electrons. The van der Waals surface area contributed by atoms with Crippen LogP contribution >= 0.6 is 0 Å². The number of anilines is 1. The summed E-state index contributed by atoms with van der Waals surface area (Å²) >= 11 is 0. The van der Waals surface area contributed by atoms with Crippen LogP contribution in [-0.4, -0.2) is 22.6 Å². The number of nitrogens with zero attached hydrogens (tertiary/aromatic N) is 3. The molecule has 2 heterocycles. The van der Waals surface area contributed by atoms with Crippen molar-refractivity contribution in [3.63, 3.8) is 0 Å². The van der Waals surface area contributed by atoms with E-state index in [4.69, 9.17) is 4.74 Å². The first kappa shape index (κ1) is 12.0. The summed E-state index contributed by atoms with van der Waals surface area (Å²) in [6.07, 6.45) is 6.55. The van der Waals surface area contributed by atoms with Crippen molar-refractivity contribution in [3.05, 3.63) is 48.5 Å². The van der Waals surface area contributed by atoms with Crippen LogP contribution in [0.4, 0.5) is 5.69 Å². The van der Waals surface area contributed by atoms with E-state index < -0.39 is 0 Å². The molecule has 1 aliphatic heterocycles. The molecule has 0 fully saturated rings. The standard InChI is InChI=1S/C15H17N3O/c1-2-13-10-18(9-12-7-16-11-17-8-12)14-5-3-4-6-15(14)19-13/h3-8,11,13H,2,9-10H2,1H3. The summed E-state index contributed by atoms with van der Waals surface area (Å²) in [5.41, 5.74) is 2.27. The maximum atomic E-state index is 5.98. The van der Waals surface area contributed by atoms with E-state index in [1.807, 2.05) is 30.6 Å². The molecular formula is C15H17N3O. The lowest BCUT2D eigenvalue weighted by molar-refractivity contribution is 0.188. The van der Waals surface area contributed by atoms with Gasteiger partial charge in [-0.1, -0.05) is 19.1 Å². The van der Waals surface area contributed by atoms with Crippen molar-refractivity contribution in [2.24, 2.45) is 0 Å². The molecule has 98 valence electrons. The molecule has 0 saturated carbocycles. The molecule has 1 unspecified atom stereocenters. The van der Waals surface area contributed by atoms with Crippen molar-refractivity contribution in [2.45, 2.75) is 26.0 Å². The summed E-state index contributed by atoms with van der Waals surface area (Å²) in [4.78, 5) is 10.5. The number of aromatic nitrogens is 2. The highest BCUT2D eigenvalue weighted by atomic mass is 16.5. The second kappa shape index (κ2) is 5.26. The van der Waals surface area contributed by atoms with Crippen LogP contribution in [0.25, 0.3) is 0 Å². The third-order valence-electron chi connectivity index (χ3n) is 3.37. The van der Waals surface area contributed by atoms with Gasteiger partial charge in [-0.05, 0) is 18.6 Å². The Bertz CT molecular complexity index is 544. The van der Waals surface area contributed by atoms with Crippen molar-refractivity contribution < 1.29 is 4.74 Å². The van der Waals surface area contributed by atoms with Crippen molar-refractivity contribution in [3.8, 4) is 5.75 Å². The summed E-state index contributed by atoms with van der Waals surface area (Å²) in [5.74, 6) is 0.970. The van der Waals surface area contributed by atoms with Crippen molar-refractivity contribution in [1.29, 1.82) is 0 Å². The van der Waals surface area contributed by atoms with Crippen molar-refractivity contribution in [1.82, 2.24) is 9.97 Å². The van der Waals surface area contributed by atoms with E-state index in [1.54, 1.807) is 6.33 Å². The number of benzene rings is 1. The first-order valence-electron chi connectivity index (χ1n) is 6.61. The molecule has 0 spiro atoms. The van der Waals surface area contributed by atoms with Crippen LogP contribution in [0.3, 0.4) is 0 Å². The summed E-state index contributed by atoms with van der Waals surface area (Å²) in [7, 11) is 0. The van der Waals surface area contributed by atoms with Crippen LogP contribution in [0.15, 0.2) is 43.0 Å². The summed E-state index contributed by atoms with van der Waals surface area (Å²) < 4.78 is 5.98. The maximum absolute atomic E-state index is 5.98. The quantitative estimate of drug-likeness (QED) is 0.845. The van der Waals surface area contributed by atoms with Crippen LogP contribution in [0.5, 0.6) is 5.75 Å². The molecule has 0 bridgehead atoms. The average molecular weight is 255 g/mol. The van der Waals surface area contributed by atoms with Gasteiger partial charge in [0.2, 0.25) is 0 Å². The second-order valence-electron chi connectivity index (χ2n) is 4.74. The molecule has 4 nitrogen and oxygen atoms in total.